The standard InChI is InChI=1S/C25H20Cl2N4O4S/c26-20-5-3-7-22(23(20)27)36(34,35)30-14-12-29(13-15-30)24(32)17-8-10-18(11-9-17)31-16-28-21-6-2-1-4-19(21)25(31)33/h1-11,16H,12-15H2. The number of halogens is 2. The molecule has 3 aromatic carbocycles. The second-order valence-electron chi connectivity index (χ2n) is 8.23. The van der Waals surface area contributed by atoms with Gasteiger partial charge in [-0.1, -0.05) is 41.4 Å². The zero-order chi connectivity index (χ0) is 25.4. The second kappa shape index (κ2) is 9.67. The van der Waals surface area contributed by atoms with Crippen molar-refractivity contribution in [2.75, 3.05) is 26.2 Å². The summed E-state index contributed by atoms with van der Waals surface area (Å²) in [6.45, 7) is 0.721. The molecule has 2 heterocycles. The van der Waals surface area contributed by atoms with Crippen molar-refractivity contribution < 1.29 is 13.2 Å². The molecule has 0 unspecified atom stereocenters. The minimum absolute atomic E-state index is 0.0153. The molecule has 5 rings (SSSR count). The molecule has 1 aliphatic heterocycles. The summed E-state index contributed by atoms with van der Waals surface area (Å²) in [5, 5.41) is 0.655. The Kier molecular flexibility index (Phi) is 6.57. The van der Waals surface area contributed by atoms with Crippen LogP contribution >= 0.6 is 23.2 Å². The molecule has 1 fully saturated rings. The van der Waals surface area contributed by atoms with E-state index in [0.717, 1.165) is 0 Å². The average Bonchev–Trinajstić information content (AvgIpc) is 2.90. The Morgan fingerprint density at radius 1 is 0.861 bits per heavy atom. The predicted octanol–water partition coefficient (Wildman–Crippen LogP) is 3.84. The highest BCUT2D eigenvalue weighted by Crippen LogP contribution is 2.31. The van der Waals surface area contributed by atoms with Crippen LogP contribution in [0.2, 0.25) is 10.0 Å². The van der Waals surface area contributed by atoms with Crippen LogP contribution < -0.4 is 5.56 Å². The summed E-state index contributed by atoms with van der Waals surface area (Å²) in [7, 11) is -3.84. The predicted molar refractivity (Wildman–Crippen MR) is 138 cm³/mol. The lowest BCUT2D eigenvalue weighted by Crippen LogP contribution is -2.50. The third kappa shape index (κ3) is 4.39. The van der Waals surface area contributed by atoms with E-state index in [1.54, 1.807) is 47.4 Å². The van der Waals surface area contributed by atoms with Gasteiger partial charge in [-0.05, 0) is 48.5 Å². The van der Waals surface area contributed by atoms with Gasteiger partial charge in [-0.3, -0.25) is 14.2 Å². The van der Waals surface area contributed by atoms with Crippen molar-refractivity contribution >= 4 is 50.0 Å². The Hall–Kier alpha value is -3.24. The molecule has 4 aromatic rings. The quantitative estimate of drug-likeness (QED) is 0.390. The minimum atomic E-state index is -3.84. The van der Waals surface area contributed by atoms with Gasteiger partial charge in [0, 0.05) is 31.7 Å². The molecule has 0 N–H and O–H groups in total. The molecule has 1 aromatic heterocycles. The van der Waals surface area contributed by atoms with Crippen molar-refractivity contribution in [3.05, 3.63) is 99.0 Å². The van der Waals surface area contributed by atoms with Gasteiger partial charge in [0.15, 0.2) is 0 Å². The summed E-state index contributed by atoms with van der Waals surface area (Å²) in [6, 6.07) is 18.2. The van der Waals surface area contributed by atoms with Gasteiger partial charge < -0.3 is 4.90 Å². The number of para-hydroxylation sites is 1. The van der Waals surface area contributed by atoms with Crippen LogP contribution in [0.1, 0.15) is 10.4 Å². The lowest BCUT2D eigenvalue weighted by atomic mass is 10.1. The van der Waals surface area contributed by atoms with E-state index in [-0.39, 0.29) is 52.6 Å². The molecule has 36 heavy (non-hydrogen) atoms. The molecule has 8 nitrogen and oxygen atoms in total. The Bertz CT molecular complexity index is 1630. The first kappa shape index (κ1) is 24.5. The van der Waals surface area contributed by atoms with Crippen molar-refractivity contribution in [3.63, 3.8) is 0 Å². The normalized spacial score (nSPS) is 14.8. The fourth-order valence-electron chi connectivity index (χ4n) is 4.15. The van der Waals surface area contributed by atoms with Crippen molar-refractivity contribution in [3.8, 4) is 5.69 Å². The fraction of sp³-hybridized carbons (Fsp3) is 0.160. The molecule has 0 saturated carbocycles. The van der Waals surface area contributed by atoms with E-state index in [1.165, 1.54) is 33.4 Å². The first-order chi connectivity index (χ1) is 17.3. The lowest BCUT2D eigenvalue weighted by molar-refractivity contribution is 0.0698. The van der Waals surface area contributed by atoms with E-state index >= 15 is 0 Å². The maximum absolute atomic E-state index is 13.1. The largest absolute Gasteiger partial charge is 0.336 e. The molecular formula is C25H20Cl2N4O4S. The van der Waals surface area contributed by atoms with Crippen LogP contribution in [0, 0.1) is 0 Å². The molecule has 1 saturated heterocycles. The zero-order valence-corrected chi connectivity index (χ0v) is 21.2. The van der Waals surface area contributed by atoms with Crippen LogP contribution in [0.25, 0.3) is 16.6 Å². The highest BCUT2D eigenvalue weighted by Gasteiger charge is 2.32. The van der Waals surface area contributed by atoms with Gasteiger partial charge in [0.25, 0.3) is 11.5 Å². The minimum Gasteiger partial charge on any atom is -0.336 e. The average molecular weight is 543 g/mol. The number of rotatable bonds is 4. The van der Waals surface area contributed by atoms with Gasteiger partial charge in [0.1, 0.15) is 11.2 Å². The number of carbonyl (C=O) groups is 1. The van der Waals surface area contributed by atoms with E-state index in [9.17, 15) is 18.0 Å². The summed E-state index contributed by atoms with van der Waals surface area (Å²) < 4.78 is 28.8. The number of amides is 1. The Morgan fingerprint density at radius 3 is 2.28 bits per heavy atom. The number of carbonyl (C=O) groups excluding carboxylic acids is 1. The zero-order valence-electron chi connectivity index (χ0n) is 18.8. The third-order valence-electron chi connectivity index (χ3n) is 6.12. The summed E-state index contributed by atoms with van der Waals surface area (Å²) in [6.07, 6.45) is 1.47. The van der Waals surface area contributed by atoms with Crippen LogP contribution in [0.3, 0.4) is 0 Å². The number of aromatic nitrogens is 2. The maximum Gasteiger partial charge on any atom is 0.265 e. The van der Waals surface area contributed by atoms with Gasteiger partial charge >= 0.3 is 0 Å². The highest BCUT2D eigenvalue weighted by molar-refractivity contribution is 7.89. The summed E-state index contributed by atoms with van der Waals surface area (Å²) in [5.74, 6) is -0.219. The SMILES string of the molecule is O=C(c1ccc(-n2cnc3ccccc3c2=O)cc1)N1CCN(S(=O)(=O)c2cccc(Cl)c2Cl)CC1. The smallest absolute Gasteiger partial charge is 0.265 e. The van der Waals surface area contributed by atoms with E-state index < -0.39 is 10.0 Å². The number of benzene rings is 3. The van der Waals surface area contributed by atoms with Crippen molar-refractivity contribution in [2.45, 2.75) is 4.90 Å². The number of piperazine rings is 1. The molecular weight excluding hydrogens is 523 g/mol. The van der Waals surface area contributed by atoms with E-state index in [1.807, 2.05) is 6.07 Å². The van der Waals surface area contributed by atoms with E-state index in [2.05, 4.69) is 4.98 Å². The molecule has 11 heteroatoms. The maximum atomic E-state index is 13.1. The van der Waals surface area contributed by atoms with Gasteiger partial charge in [0.2, 0.25) is 10.0 Å². The van der Waals surface area contributed by atoms with Crippen molar-refractivity contribution in [2.24, 2.45) is 0 Å². The van der Waals surface area contributed by atoms with Gasteiger partial charge in [0.05, 0.1) is 26.6 Å². The second-order valence-corrected chi connectivity index (χ2v) is 10.9. The molecule has 1 aliphatic rings. The van der Waals surface area contributed by atoms with Crippen molar-refractivity contribution in [1.29, 1.82) is 0 Å². The first-order valence-corrected chi connectivity index (χ1v) is 13.3. The van der Waals surface area contributed by atoms with Crippen LogP contribution in [-0.4, -0.2) is 59.3 Å². The molecule has 0 atom stereocenters. The number of hydrogen-bond donors (Lipinski definition) is 0. The molecule has 0 bridgehead atoms. The van der Waals surface area contributed by atoms with Gasteiger partial charge in [-0.15, -0.1) is 0 Å². The van der Waals surface area contributed by atoms with Crippen LogP contribution in [-0.2, 0) is 10.0 Å². The Balaban J connectivity index is 1.30. The number of sulfonamides is 1. The topological polar surface area (TPSA) is 92.6 Å². The number of nitrogens with zero attached hydrogens (tertiary/aromatic N) is 4. The molecule has 0 spiro atoms. The summed E-state index contributed by atoms with van der Waals surface area (Å²) in [5.41, 5.74) is 1.44. The molecule has 0 aliphatic carbocycles. The van der Waals surface area contributed by atoms with Crippen LogP contribution in [0.15, 0.2) is 82.7 Å². The van der Waals surface area contributed by atoms with Gasteiger partial charge in [-0.2, -0.15) is 4.31 Å². The number of fused-ring (bicyclic) bond motifs is 1. The summed E-state index contributed by atoms with van der Waals surface area (Å²) in [4.78, 5) is 31.8. The summed E-state index contributed by atoms with van der Waals surface area (Å²) >= 11 is 12.1. The molecule has 0 radical (unpaired) electrons. The van der Waals surface area contributed by atoms with Crippen LogP contribution in [0.5, 0.6) is 0 Å². The Labute approximate surface area is 217 Å². The van der Waals surface area contributed by atoms with Crippen LogP contribution in [0.4, 0.5) is 0 Å². The molecule has 1 amide bonds. The molecule has 184 valence electrons. The third-order valence-corrected chi connectivity index (χ3v) is 8.99. The number of hydrogen-bond acceptors (Lipinski definition) is 5. The van der Waals surface area contributed by atoms with E-state index in [0.29, 0.717) is 22.2 Å². The van der Waals surface area contributed by atoms with Crippen molar-refractivity contribution in [1.82, 2.24) is 18.8 Å². The van der Waals surface area contributed by atoms with E-state index in [4.69, 9.17) is 23.2 Å². The van der Waals surface area contributed by atoms with Gasteiger partial charge in [-0.25, -0.2) is 13.4 Å². The first-order valence-electron chi connectivity index (χ1n) is 11.1. The fourth-order valence-corrected chi connectivity index (χ4v) is 6.31. The monoisotopic (exact) mass is 542 g/mol. The Morgan fingerprint density at radius 2 is 1.56 bits per heavy atom. The lowest BCUT2D eigenvalue weighted by Gasteiger charge is -2.34. The highest BCUT2D eigenvalue weighted by atomic mass is 35.5.